The maximum absolute atomic E-state index is 12.8. The van der Waals surface area contributed by atoms with E-state index >= 15 is 0 Å². The van der Waals surface area contributed by atoms with E-state index in [0.717, 1.165) is 12.8 Å². The zero-order valence-electron chi connectivity index (χ0n) is 16.1. The van der Waals surface area contributed by atoms with Gasteiger partial charge in [0.15, 0.2) is 11.5 Å². The van der Waals surface area contributed by atoms with Crippen molar-refractivity contribution in [3.8, 4) is 11.5 Å². The number of hydrogen-bond donors (Lipinski definition) is 0. The van der Waals surface area contributed by atoms with Crippen molar-refractivity contribution in [3.05, 3.63) is 62.7 Å². The van der Waals surface area contributed by atoms with Crippen LogP contribution in [-0.2, 0) is 6.54 Å². The number of methoxy groups -OCH3 is 1. The molecule has 2 rings (SSSR count). The first-order chi connectivity index (χ1) is 13.4. The van der Waals surface area contributed by atoms with Crippen molar-refractivity contribution in [1.29, 1.82) is 0 Å². The van der Waals surface area contributed by atoms with Crippen molar-refractivity contribution < 1.29 is 19.2 Å². The number of benzene rings is 2. The summed E-state index contributed by atoms with van der Waals surface area (Å²) in [6.45, 7) is 2.79. The number of nitro groups is 1. The molecule has 0 bridgehead atoms. The summed E-state index contributed by atoms with van der Waals surface area (Å²) in [5, 5.41) is 11.3. The minimum Gasteiger partial charge on any atom is -0.493 e. The average Bonchev–Trinajstić information content (AvgIpc) is 2.69. The quantitative estimate of drug-likeness (QED) is 0.342. The van der Waals surface area contributed by atoms with Gasteiger partial charge in [0, 0.05) is 36.3 Å². The number of amides is 1. The van der Waals surface area contributed by atoms with Crippen molar-refractivity contribution in [2.45, 2.75) is 26.3 Å². The fourth-order valence-electron chi connectivity index (χ4n) is 2.59. The molecular weight excluding hydrogens is 384 g/mol. The predicted octanol–water partition coefficient (Wildman–Crippen LogP) is 4.71. The number of carbonyl (C=O) groups excluding carboxylic acids is 1. The number of nitrogens with zero attached hydrogens (tertiary/aromatic N) is 2. The number of carbonyl (C=O) groups is 1. The van der Waals surface area contributed by atoms with E-state index in [0.29, 0.717) is 34.3 Å². The third-order valence-electron chi connectivity index (χ3n) is 4.16. The molecule has 0 fully saturated rings. The molecule has 0 saturated carbocycles. The highest BCUT2D eigenvalue weighted by atomic mass is 35.5. The van der Waals surface area contributed by atoms with Gasteiger partial charge >= 0.3 is 0 Å². The first-order valence-electron chi connectivity index (χ1n) is 8.86. The molecule has 2 aromatic rings. The number of unbranched alkanes of at least 4 members (excludes halogenated alkanes) is 1. The van der Waals surface area contributed by atoms with Gasteiger partial charge in [0.1, 0.15) is 0 Å². The average molecular weight is 407 g/mol. The van der Waals surface area contributed by atoms with Gasteiger partial charge in [-0.05, 0) is 36.2 Å². The first-order valence-corrected chi connectivity index (χ1v) is 9.24. The van der Waals surface area contributed by atoms with Crippen LogP contribution in [0.1, 0.15) is 35.7 Å². The molecule has 0 aliphatic rings. The Morgan fingerprint density at radius 2 is 1.96 bits per heavy atom. The van der Waals surface area contributed by atoms with E-state index in [1.165, 1.54) is 30.2 Å². The number of rotatable bonds is 9. The molecule has 0 spiro atoms. The van der Waals surface area contributed by atoms with Crippen LogP contribution in [-0.4, -0.2) is 36.5 Å². The lowest BCUT2D eigenvalue weighted by molar-refractivity contribution is -0.384. The Balaban J connectivity index is 2.16. The summed E-state index contributed by atoms with van der Waals surface area (Å²) in [5.41, 5.74) is 0.845. The summed E-state index contributed by atoms with van der Waals surface area (Å²) in [4.78, 5) is 24.7. The van der Waals surface area contributed by atoms with Gasteiger partial charge in [0.2, 0.25) is 0 Å². The Morgan fingerprint density at radius 3 is 2.61 bits per heavy atom. The normalized spacial score (nSPS) is 10.4. The maximum atomic E-state index is 12.8. The Bertz CT molecular complexity index is 856. The van der Waals surface area contributed by atoms with Gasteiger partial charge < -0.3 is 14.4 Å². The highest BCUT2D eigenvalue weighted by Crippen LogP contribution is 2.29. The summed E-state index contributed by atoms with van der Waals surface area (Å²) in [5.74, 6) is 0.793. The number of halogens is 1. The van der Waals surface area contributed by atoms with Crippen LogP contribution in [0.2, 0.25) is 5.02 Å². The van der Waals surface area contributed by atoms with E-state index in [1.54, 1.807) is 25.2 Å². The Kier molecular flexibility index (Phi) is 7.63. The molecule has 28 heavy (non-hydrogen) atoms. The zero-order chi connectivity index (χ0) is 20.7. The van der Waals surface area contributed by atoms with Crippen LogP contribution >= 0.6 is 11.6 Å². The molecule has 0 N–H and O–H groups in total. The van der Waals surface area contributed by atoms with E-state index in [4.69, 9.17) is 21.1 Å². The summed E-state index contributed by atoms with van der Waals surface area (Å²) >= 11 is 6.13. The van der Waals surface area contributed by atoms with E-state index in [-0.39, 0.29) is 18.1 Å². The van der Waals surface area contributed by atoms with Crippen molar-refractivity contribution in [1.82, 2.24) is 4.90 Å². The summed E-state index contributed by atoms with van der Waals surface area (Å²) in [7, 11) is 3.12. The molecule has 0 saturated heterocycles. The standard InChI is InChI=1S/C20H23ClN2O5/c1-4-5-10-28-18-9-6-14(12-19(18)27-3)20(24)22(2)13-15-11-16(23(25)26)7-8-17(15)21/h6-9,11-12H,4-5,10,13H2,1-3H3. The fraction of sp³-hybridized carbons (Fsp3) is 0.350. The first kappa shape index (κ1) is 21.5. The molecule has 0 aliphatic carbocycles. The number of hydrogen-bond acceptors (Lipinski definition) is 5. The Hall–Kier alpha value is -2.80. The number of nitro benzene ring substituents is 1. The van der Waals surface area contributed by atoms with Crippen LogP contribution in [0.3, 0.4) is 0 Å². The molecule has 0 radical (unpaired) electrons. The Labute approximate surface area is 169 Å². The van der Waals surface area contributed by atoms with Gasteiger partial charge in [-0.2, -0.15) is 0 Å². The van der Waals surface area contributed by atoms with E-state index in [1.807, 2.05) is 0 Å². The molecule has 0 heterocycles. The topological polar surface area (TPSA) is 81.9 Å². The van der Waals surface area contributed by atoms with Crippen LogP contribution < -0.4 is 9.47 Å². The van der Waals surface area contributed by atoms with E-state index in [9.17, 15) is 14.9 Å². The smallest absolute Gasteiger partial charge is 0.269 e. The molecule has 7 nitrogen and oxygen atoms in total. The second kappa shape index (κ2) is 9.94. The highest BCUT2D eigenvalue weighted by molar-refractivity contribution is 6.31. The molecule has 1 amide bonds. The second-order valence-electron chi connectivity index (χ2n) is 6.26. The fourth-order valence-corrected chi connectivity index (χ4v) is 2.77. The van der Waals surface area contributed by atoms with Gasteiger partial charge in [-0.15, -0.1) is 0 Å². The molecule has 0 aromatic heterocycles. The maximum Gasteiger partial charge on any atom is 0.269 e. The predicted molar refractivity (Wildman–Crippen MR) is 107 cm³/mol. The van der Waals surface area contributed by atoms with E-state index < -0.39 is 4.92 Å². The molecular formula is C20H23ClN2O5. The number of ether oxygens (including phenoxy) is 2. The van der Waals surface area contributed by atoms with Crippen LogP contribution in [0, 0.1) is 10.1 Å². The largest absolute Gasteiger partial charge is 0.493 e. The van der Waals surface area contributed by atoms with Crippen molar-refractivity contribution in [2.24, 2.45) is 0 Å². The van der Waals surface area contributed by atoms with Gasteiger partial charge in [-0.3, -0.25) is 14.9 Å². The molecule has 150 valence electrons. The van der Waals surface area contributed by atoms with Gasteiger partial charge in [0.25, 0.3) is 11.6 Å². The van der Waals surface area contributed by atoms with Crippen LogP contribution in [0.15, 0.2) is 36.4 Å². The molecule has 8 heteroatoms. The third-order valence-corrected chi connectivity index (χ3v) is 4.53. The summed E-state index contributed by atoms with van der Waals surface area (Å²) in [6.07, 6.45) is 1.94. The van der Waals surface area contributed by atoms with Crippen molar-refractivity contribution >= 4 is 23.2 Å². The van der Waals surface area contributed by atoms with Crippen LogP contribution in [0.25, 0.3) is 0 Å². The van der Waals surface area contributed by atoms with Crippen LogP contribution in [0.4, 0.5) is 5.69 Å². The SMILES string of the molecule is CCCCOc1ccc(C(=O)N(C)Cc2cc([N+](=O)[O-])ccc2Cl)cc1OC. The van der Waals surface area contributed by atoms with Gasteiger partial charge in [0.05, 0.1) is 18.6 Å². The second-order valence-corrected chi connectivity index (χ2v) is 6.67. The van der Waals surface area contributed by atoms with Crippen molar-refractivity contribution in [3.63, 3.8) is 0 Å². The number of non-ortho nitro benzene ring substituents is 1. The highest BCUT2D eigenvalue weighted by Gasteiger charge is 2.18. The lowest BCUT2D eigenvalue weighted by Crippen LogP contribution is -2.26. The monoisotopic (exact) mass is 406 g/mol. The van der Waals surface area contributed by atoms with Gasteiger partial charge in [-0.25, -0.2) is 0 Å². The van der Waals surface area contributed by atoms with Gasteiger partial charge in [-0.1, -0.05) is 24.9 Å². The third kappa shape index (κ3) is 5.36. The molecule has 2 aromatic carbocycles. The Morgan fingerprint density at radius 1 is 1.21 bits per heavy atom. The summed E-state index contributed by atoms with van der Waals surface area (Å²) < 4.78 is 11.0. The minimum atomic E-state index is -0.496. The molecule has 0 aliphatic heterocycles. The van der Waals surface area contributed by atoms with Crippen LogP contribution in [0.5, 0.6) is 11.5 Å². The summed E-state index contributed by atoms with van der Waals surface area (Å²) in [6, 6.07) is 9.15. The minimum absolute atomic E-state index is 0.0736. The molecule has 0 unspecified atom stereocenters. The zero-order valence-corrected chi connectivity index (χ0v) is 16.9. The lowest BCUT2D eigenvalue weighted by atomic mass is 10.1. The molecule has 0 atom stereocenters. The lowest BCUT2D eigenvalue weighted by Gasteiger charge is -2.19. The van der Waals surface area contributed by atoms with Crippen molar-refractivity contribution in [2.75, 3.05) is 20.8 Å². The van der Waals surface area contributed by atoms with E-state index in [2.05, 4.69) is 6.92 Å².